The molecule has 0 atom stereocenters. The van der Waals surface area contributed by atoms with E-state index in [1.807, 2.05) is 24.3 Å². The Morgan fingerprint density at radius 3 is 0.481 bits per heavy atom. The van der Waals surface area contributed by atoms with Crippen LogP contribution in [0.5, 0.6) is 0 Å². The molecule has 0 aliphatic heterocycles. The number of esters is 2. The minimum atomic E-state index is -0.661. The van der Waals surface area contributed by atoms with Crippen LogP contribution >= 0.6 is 0 Å². The Morgan fingerprint density at radius 1 is 0.183 bits per heavy atom. The summed E-state index contributed by atoms with van der Waals surface area (Å²) >= 11 is 0. The number of aromatic nitrogens is 6. The number of carbonyl (C=O) groups excluding carboxylic acids is 2. The third kappa shape index (κ3) is 15.0. The molecule has 20 aromatic rings. The number of ether oxygens (including phenoxy) is 2. The number of hydrogen-bond acceptors (Lipinski definition) is 4. The predicted molar refractivity (Wildman–Crippen MR) is 553 cm³/mol. The zero-order valence-corrected chi connectivity index (χ0v) is 80.8. The summed E-state index contributed by atoms with van der Waals surface area (Å²) in [6.07, 6.45) is -0.531. The maximum Gasteiger partial charge on any atom is 0.317 e. The van der Waals surface area contributed by atoms with Crippen LogP contribution in [0.1, 0.15) is 228 Å². The number of hydrogen-bond donors (Lipinski definition) is 0. The molecule has 0 spiro atoms. The van der Waals surface area contributed by atoms with Gasteiger partial charge in [0.15, 0.2) is 0 Å². The number of rotatable bonds is 12. The Labute approximate surface area is 770 Å². The van der Waals surface area contributed by atoms with Crippen LogP contribution in [-0.2, 0) is 75.6 Å². The van der Waals surface area contributed by atoms with Crippen molar-refractivity contribution in [3.63, 3.8) is 0 Å². The first-order chi connectivity index (χ1) is 61.8. The smallest absolute Gasteiger partial charge is 0.317 e. The molecule has 0 N–H and O–H groups in total. The maximum absolute atomic E-state index is 13.8. The standard InChI is InChI=1S/C121H122N6O4/c1-114(2,3)74-29-45-100-88(57-74)89-58-75(115(4,5)6)30-46-101(89)124(100)84-41-53-108-96(65-84)97-66-85(125-102-47-31-76(116(7,8)9)59-90(102)91-60-77(117(10,11)12)32-48-103(91)125)42-54-109(97)122(108)82-37-25-72(26-38-82)70-130-112(128)69-113(129)131-71-73-27-39-83(40-28-73)123-110-55-43-86(126-104-49-33-78(118(13,14)15)61-92(104)93-62-79(119(16,17)18)34-50-105(93)126)67-98(110)99-68-87(44-56-111(99)123)127-106-51-35-80(120(19,20)21)63-94(106)95-64-81(121(22,23)24)36-52-107(95)127/h25-68H,69-71H2,1-24H3. The second kappa shape index (κ2) is 30.2. The molecule has 0 saturated heterocycles. The number of benzene rings is 14. The molecule has 0 bridgehead atoms. The first kappa shape index (κ1) is 85.9. The minimum absolute atomic E-state index is 0.0201. The first-order valence-electron chi connectivity index (χ1n) is 46.8. The van der Waals surface area contributed by atoms with Gasteiger partial charge in [-0.25, -0.2) is 0 Å². The summed E-state index contributed by atoms with van der Waals surface area (Å²) in [6.45, 7) is 55.0. The van der Waals surface area contributed by atoms with Gasteiger partial charge in [0.2, 0.25) is 0 Å². The SMILES string of the molecule is CC(C)(C)c1ccc2c(c1)c1cc(C(C)(C)C)ccc1n2-c1ccc2c(c1)c1cc(-n3c4ccc(C(C)(C)C)cc4c4cc(C(C)(C)C)ccc43)ccc1n2-c1ccc(COC(=O)CC(=O)OCc2ccc(-n3c4ccc(-n5c6ccc(C(C)(C)C)cc6c6cc(C(C)(C)C)ccc65)cc4c4cc(-n5c6ccc(C(C)(C)C)cc6c6cc(C(C)(C)C)ccc65)ccc43)cc2)cc1. The van der Waals surface area contributed by atoms with Crippen LogP contribution in [0.4, 0.5) is 0 Å². The zero-order chi connectivity index (χ0) is 92.4. The summed E-state index contributed by atoms with van der Waals surface area (Å²) in [5.74, 6) is -1.32. The lowest BCUT2D eigenvalue weighted by Gasteiger charge is -2.19. The molecule has 0 fully saturated rings. The van der Waals surface area contributed by atoms with Crippen molar-refractivity contribution < 1.29 is 19.1 Å². The first-order valence-corrected chi connectivity index (χ1v) is 46.8. The molecule has 0 saturated carbocycles. The van der Waals surface area contributed by atoms with E-state index in [0.29, 0.717) is 0 Å². The van der Waals surface area contributed by atoms with E-state index in [1.54, 1.807) is 0 Å². The Hall–Kier alpha value is -13.2. The van der Waals surface area contributed by atoms with E-state index in [-0.39, 0.29) is 56.5 Å². The van der Waals surface area contributed by atoms with Gasteiger partial charge in [0.05, 0.1) is 66.2 Å². The van der Waals surface area contributed by atoms with Gasteiger partial charge in [-0.3, -0.25) is 9.59 Å². The fraction of sp³-hybridized carbons (Fsp3) is 0.289. The predicted octanol–water partition coefficient (Wildman–Crippen LogP) is 31.8. The average molecular weight is 1720 g/mol. The molecule has 10 heteroatoms. The van der Waals surface area contributed by atoms with Crippen LogP contribution in [0.3, 0.4) is 0 Å². The van der Waals surface area contributed by atoms with Crippen LogP contribution in [0.25, 0.3) is 165 Å². The van der Waals surface area contributed by atoms with Crippen LogP contribution in [0, 0.1) is 0 Å². The van der Waals surface area contributed by atoms with Crippen molar-refractivity contribution in [1.29, 1.82) is 0 Å². The molecular formula is C121H122N6O4. The molecule has 0 unspecified atom stereocenters. The second-order valence-corrected chi connectivity index (χ2v) is 45.5. The summed E-state index contributed by atoms with van der Waals surface area (Å²) < 4.78 is 26.3. The normalized spacial score (nSPS) is 13.2. The fourth-order valence-corrected chi connectivity index (χ4v) is 20.1. The van der Waals surface area contributed by atoms with Crippen molar-refractivity contribution in [1.82, 2.24) is 27.4 Å². The highest BCUT2D eigenvalue weighted by atomic mass is 16.6. The van der Waals surface area contributed by atoms with Gasteiger partial charge >= 0.3 is 11.9 Å². The van der Waals surface area contributed by atoms with Gasteiger partial charge < -0.3 is 36.9 Å². The van der Waals surface area contributed by atoms with Gasteiger partial charge in [-0.05, 0) is 293 Å². The molecule has 6 heterocycles. The Bertz CT molecular complexity index is 6960. The average Bonchev–Trinajstić information content (AvgIpc) is 1.63. The molecule has 10 nitrogen and oxygen atoms in total. The molecular weight excluding hydrogens is 1600 g/mol. The lowest BCUT2D eigenvalue weighted by molar-refractivity contribution is -0.156. The van der Waals surface area contributed by atoms with Crippen molar-refractivity contribution in [3.8, 4) is 34.1 Å². The second-order valence-electron chi connectivity index (χ2n) is 45.5. The third-order valence-corrected chi connectivity index (χ3v) is 28.0. The summed E-state index contributed by atoms with van der Waals surface area (Å²) in [5, 5.41) is 14.4. The maximum atomic E-state index is 13.8. The Kier molecular flexibility index (Phi) is 19.8. The quantitative estimate of drug-likeness (QED) is 0.0901. The lowest BCUT2D eigenvalue weighted by Crippen LogP contribution is -2.14. The van der Waals surface area contributed by atoms with Crippen LogP contribution < -0.4 is 0 Å². The molecule has 0 amide bonds. The van der Waals surface area contributed by atoms with Crippen LogP contribution in [0.15, 0.2) is 267 Å². The van der Waals surface area contributed by atoms with E-state index in [4.69, 9.17) is 9.47 Å². The van der Waals surface area contributed by atoms with Gasteiger partial charge in [-0.1, -0.05) is 239 Å². The monoisotopic (exact) mass is 1720 g/mol. The highest BCUT2D eigenvalue weighted by molar-refractivity contribution is 6.17. The Balaban J connectivity index is 0.602. The van der Waals surface area contributed by atoms with Crippen LogP contribution in [0.2, 0.25) is 0 Å². The highest BCUT2D eigenvalue weighted by Crippen LogP contribution is 2.48. The Morgan fingerprint density at radius 2 is 0.321 bits per heavy atom. The molecule has 131 heavy (non-hydrogen) atoms. The van der Waals surface area contributed by atoms with E-state index >= 15 is 0 Å². The molecule has 0 aliphatic rings. The number of nitrogens with zero attached hydrogens (tertiary/aromatic N) is 6. The molecule has 14 aromatic carbocycles. The molecule has 0 aliphatic carbocycles. The highest BCUT2D eigenvalue weighted by Gasteiger charge is 2.30. The minimum Gasteiger partial charge on any atom is -0.460 e. The lowest BCUT2D eigenvalue weighted by atomic mass is 9.85. The van der Waals surface area contributed by atoms with Gasteiger partial charge in [0.25, 0.3) is 0 Å². The topological polar surface area (TPSA) is 82.2 Å². The molecule has 6 aromatic heterocycles. The summed E-state index contributed by atoms with van der Waals surface area (Å²) in [5.41, 5.74) is 31.4. The summed E-state index contributed by atoms with van der Waals surface area (Å²) in [4.78, 5) is 27.5. The zero-order valence-electron chi connectivity index (χ0n) is 80.8. The molecule has 20 rings (SSSR count). The van der Waals surface area contributed by atoms with Gasteiger partial charge in [0, 0.05) is 98.8 Å². The summed E-state index contributed by atoms with van der Waals surface area (Å²) in [6, 6.07) is 101. The van der Waals surface area contributed by atoms with E-state index in [1.165, 1.54) is 87.6 Å². The largest absolute Gasteiger partial charge is 0.460 e. The van der Waals surface area contributed by atoms with Gasteiger partial charge in [-0.15, -0.1) is 0 Å². The van der Waals surface area contributed by atoms with E-state index in [9.17, 15) is 9.59 Å². The molecule has 0 radical (unpaired) electrons. The van der Waals surface area contributed by atoms with E-state index in [0.717, 1.165) is 133 Å². The number of fused-ring (bicyclic) bond motifs is 18. The fourth-order valence-electron chi connectivity index (χ4n) is 20.1. The van der Waals surface area contributed by atoms with Gasteiger partial charge in [0.1, 0.15) is 19.6 Å². The van der Waals surface area contributed by atoms with E-state index < -0.39 is 18.4 Å². The van der Waals surface area contributed by atoms with Crippen molar-refractivity contribution in [2.45, 2.75) is 229 Å². The van der Waals surface area contributed by atoms with Gasteiger partial charge in [-0.2, -0.15) is 0 Å². The third-order valence-electron chi connectivity index (χ3n) is 28.0. The summed E-state index contributed by atoms with van der Waals surface area (Å²) in [7, 11) is 0. The van der Waals surface area contributed by atoms with Crippen molar-refractivity contribution in [2.75, 3.05) is 0 Å². The van der Waals surface area contributed by atoms with Crippen molar-refractivity contribution in [3.05, 3.63) is 323 Å². The molecule has 660 valence electrons. The van der Waals surface area contributed by atoms with Crippen LogP contribution in [-0.4, -0.2) is 39.3 Å². The number of carbonyl (C=O) groups is 2. The van der Waals surface area contributed by atoms with Crippen molar-refractivity contribution >= 4 is 143 Å². The van der Waals surface area contributed by atoms with Crippen molar-refractivity contribution in [2.24, 2.45) is 0 Å². The van der Waals surface area contributed by atoms with E-state index in [2.05, 4.69) is 436 Å².